The second-order valence-corrected chi connectivity index (χ2v) is 5.18. The first-order chi connectivity index (χ1) is 9.16. The Balaban J connectivity index is 1.80. The number of nitrogens with one attached hydrogen (secondary N) is 2. The molecule has 2 aromatic rings. The fraction of sp³-hybridized carbons (Fsp3) is 0.438. The van der Waals surface area contributed by atoms with Crippen molar-refractivity contribution >= 4 is 0 Å². The van der Waals surface area contributed by atoms with Gasteiger partial charge in [-0.1, -0.05) is 23.8 Å². The average molecular weight is 257 g/mol. The first-order valence-electron chi connectivity index (χ1n) is 6.95. The zero-order valence-electron chi connectivity index (χ0n) is 12.0. The molecule has 0 aliphatic carbocycles. The SMILES string of the molecule is Cc1ccc(C)c(C(C)NCCCc2ncc[nH]2)c1. The highest BCUT2D eigenvalue weighted by Gasteiger charge is 2.07. The zero-order valence-corrected chi connectivity index (χ0v) is 12.0. The van der Waals surface area contributed by atoms with Gasteiger partial charge in [0.2, 0.25) is 0 Å². The number of aromatic amines is 1. The summed E-state index contributed by atoms with van der Waals surface area (Å²) >= 11 is 0. The summed E-state index contributed by atoms with van der Waals surface area (Å²) in [6.07, 6.45) is 5.78. The minimum Gasteiger partial charge on any atom is -0.349 e. The van der Waals surface area contributed by atoms with Gasteiger partial charge in [0.15, 0.2) is 0 Å². The van der Waals surface area contributed by atoms with Crippen molar-refractivity contribution in [2.75, 3.05) is 6.54 Å². The Kier molecular flexibility index (Phi) is 4.74. The second-order valence-electron chi connectivity index (χ2n) is 5.18. The van der Waals surface area contributed by atoms with E-state index in [1.807, 2.05) is 12.4 Å². The van der Waals surface area contributed by atoms with E-state index in [4.69, 9.17) is 0 Å². The second kappa shape index (κ2) is 6.53. The van der Waals surface area contributed by atoms with Crippen molar-refractivity contribution in [3.8, 4) is 0 Å². The van der Waals surface area contributed by atoms with Crippen LogP contribution in [0.4, 0.5) is 0 Å². The van der Waals surface area contributed by atoms with Gasteiger partial charge >= 0.3 is 0 Å². The van der Waals surface area contributed by atoms with E-state index in [1.54, 1.807) is 0 Å². The Labute approximate surface area is 115 Å². The number of rotatable bonds is 6. The van der Waals surface area contributed by atoms with Gasteiger partial charge in [-0.15, -0.1) is 0 Å². The molecule has 2 N–H and O–H groups in total. The van der Waals surface area contributed by atoms with E-state index in [1.165, 1.54) is 16.7 Å². The van der Waals surface area contributed by atoms with Gasteiger partial charge in [0.25, 0.3) is 0 Å². The number of aromatic nitrogens is 2. The smallest absolute Gasteiger partial charge is 0.106 e. The Morgan fingerprint density at radius 3 is 2.89 bits per heavy atom. The van der Waals surface area contributed by atoms with E-state index in [0.717, 1.165) is 25.2 Å². The predicted octanol–water partition coefficient (Wildman–Crippen LogP) is 3.31. The zero-order chi connectivity index (χ0) is 13.7. The number of benzene rings is 1. The molecule has 0 spiro atoms. The number of imidazole rings is 1. The molecule has 19 heavy (non-hydrogen) atoms. The van der Waals surface area contributed by atoms with Crippen molar-refractivity contribution in [2.45, 2.75) is 39.7 Å². The Hall–Kier alpha value is -1.61. The third-order valence-corrected chi connectivity index (χ3v) is 3.50. The van der Waals surface area contributed by atoms with Gasteiger partial charge in [-0.3, -0.25) is 0 Å². The molecular weight excluding hydrogens is 234 g/mol. The van der Waals surface area contributed by atoms with Gasteiger partial charge in [-0.05, 0) is 44.9 Å². The van der Waals surface area contributed by atoms with Crippen LogP contribution in [0.1, 0.15) is 41.9 Å². The Bertz CT molecular complexity index is 503. The first-order valence-corrected chi connectivity index (χ1v) is 6.95. The van der Waals surface area contributed by atoms with Gasteiger partial charge in [-0.25, -0.2) is 4.98 Å². The molecule has 0 bridgehead atoms. The first kappa shape index (κ1) is 13.8. The van der Waals surface area contributed by atoms with E-state index in [0.29, 0.717) is 6.04 Å². The molecule has 1 heterocycles. The van der Waals surface area contributed by atoms with Crippen LogP contribution in [0.25, 0.3) is 0 Å². The maximum Gasteiger partial charge on any atom is 0.106 e. The highest BCUT2D eigenvalue weighted by molar-refractivity contribution is 5.32. The summed E-state index contributed by atoms with van der Waals surface area (Å²) in [7, 11) is 0. The summed E-state index contributed by atoms with van der Waals surface area (Å²) in [6.45, 7) is 7.56. The van der Waals surface area contributed by atoms with Crippen LogP contribution in [0, 0.1) is 13.8 Å². The third-order valence-electron chi connectivity index (χ3n) is 3.50. The molecule has 0 aliphatic heterocycles. The van der Waals surface area contributed by atoms with Crippen LogP contribution >= 0.6 is 0 Å². The lowest BCUT2D eigenvalue weighted by molar-refractivity contribution is 0.553. The predicted molar refractivity (Wildman–Crippen MR) is 79.2 cm³/mol. The van der Waals surface area contributed by atoms with Crippen LogP contribution in [0.15, 0.2) is 30.6 Å². The van der Waals surface area contributed by atoms with Crippen LogP contribution in [0.2, 0.25) is 0 Å². The van der Waals surface area contributed by atoms with E-state index in [-0.39, 0.29) is 0 Å². The largest absolute Gasteiger partial charge is 0.349 e. The molecule has 0 fully saturated rings. The van der Waals surface area contributed by atoms with Gasteiger partial charge in [0, 0.05) is 24.9 Å². The number of hydrogen-bond donors (Lipinski definition) is 2. The van der Waals surface area contributed by atoms with Crippen molar-refractivity contribution in [3.63, 3.8) is 0 Å². The lowest BCUT2D eigenvalue weighted by atomic mass is 10.00. The molecule has 1 aromatic carbocycles. The molecule has 1 aromatic heterocycles. The summed E-state index contributed by atoms with van der Waals surface area (Å²) in [5.41, 5.74) is 4.08. The normalized spacial score (nSPS) is 12.6. The van der Waals surface area contributed by atoms with Crippen molar-refractivity contribution in [1.82, 2.24) is 15.3 Å². The van der Waals surface area contributed by atoms with Crippen LogP contribution in [-0.2, 0) is 6.42 Å². The molecule has 2 rings (SSSR count). The van der Waals surface area contributed by atoms with Gasteiger partial charge < -0.3 is 10.3 Å². The van der Waals surface area contributed by atoms with Gasteiger partial charge in [0.1, 0.15) is 5.82 Å². The number of nitrogens with zero attached hydrogens (tertiary/aromatic N) is 1. The molecule has 1 unspecified atom stereocenters. The molecule has 102 valence electrons. The molecule has 0 saturated carbocycles. The fourth-order valence-corrected chi connectivity index (χ4v) is 2.35. The number of aryl methyl sites for hydroxylation is 3. The third kappa shape index (κ3) is 3.93. The van der Waals surface area contributed by atoms with Crippen molar-refractivity contribution in [2.24, 2.45) is 0 Å². The maximum absolute atomic E-state index is 4.23. The summed E-state index contributed by atoms with van der Waals surface area (Å²) in [4.78, 5) is 7.37. The van der Waals surface area contributed by atoms with E-state index >= 15 is 0 Å². The molecule has 1 atom stereocenters. The average Bonchev–Trinajstić information content (AvgIpc) is 2.90. The quantitative estimate of drug-likeness (QED) is 0.779. The molecule has 0 saturated heterocycles. The van der Waals surface area contributed by atoms with Crippen LogP contribution < -0.4 is 5.32 Å². The van der Waals surface area contributed by atoms with Crippen LogP contribution in [0.5, 0.6) is 0 Å². The topological polar surface area (TPSA) is 40.7 Å². The Morgan fingerprint density at radius 1 is 1.32 bits per heavy atom. The van der Waals surface area contributed by atoms with Gasteiger partial charge in [0.05, 0.1) is 0 Å². The Morgan fingerprint density at radius 2 is 2.16 bits per heavy atom. The number of hydrogen-bond acceptors (Lipinski definition) is 2. The van der Waals surface area contributed by atoms with Gasteiger partial charge in [-0.2, -0.15) is 0 Å². The summed E-state index contributed by atoms with van der Waals surface area (Å²) in [6, 6.07) is 7.05. The highest BCUT2D eigenvalue weighted by Crippen LogP contribution is 2.18. The lowest BCUT2D eigenvalue weighted by Crippen LogP contribution is -2.21. The molecule has 0 aliphatic rings. The minimum absolute atomic E-state index is 0.400. The fourth-order valence-electron chi connectivity index (χ4n) is 2.35. The van der Waals surface area contributed by atoms with Crippen molar-refractivity contribution in [3.05, 3.63) is 53.1 Å². The number of H-pyrrole nitrogens is 1. The van der Waals surface area contributed by atoms with Crippen LogP contribution in [-0.4, -0.2) is 16.5 Å². The van der Waals surface area contributed by atoms with Crippen molar-refractivity contribution in [1.29, 1.82) is 0 Å². The molecule has 0 radical (unpaired) electrons. The summed E-state index contributed by atoms with van der Waals surface area (Å²) in [5, 5.41) is 3.59. The summed E-state index contributed by atoms with van der Waals surface area (Å²) in [5.74, 6) is 1.07. The van der Waals surface area contributed by atoms with E-state index in [9.17, 15) is 0 Å². The molecular formula is C16H23N3. The van der Waals surface area contributed by atoms with E-state index in [2.05, 4.69) is 54.3 Å². The molecule has 0 amide bonds. The van der Waals surface area contributed by atoms with Crippen molar-refractivity contribution < 1.29 is 0 Å². The molecule has 3 nitrogen and oxygen atoms in total. The standard InChI is InChI=1S/C16H23N3/c1-12-6-7-13(2)15(11-12)14(3)17-8-4-5-16-18-9-10-19-16/h6-7,9-11,14,17H,4-5,8H2,1-3H3,(H,18,19). The summed E-state index contributed by atoms with van der Waals surface area (Å²) < 4.78 is 0. The van der Waals surface area contributed by atoms with E-state index < -0.39 is 0 Å². The lowest BCUT2D eigenvalue weighted by Gasteiger charge is -2.17. The monoisotopic (exact) mass is 257 g/mol. The minimum atomic E-state index is 0.400. The van der Waals surface area contributed by atoms with Crippen LogP contribution in [0.3, 0.4) is 0 Å². The maximum atomic E-state index is 4.23. The molecule has 3 heteroatoms. The highest BCUT2D eigenvalue weighted by atomic mass is 14.9.